The molecule has 0 bridgehead atoms. The molecule has 0 radical (unpaired) electrons. The van der Waals surface area contributed by atoms with Crippen molar-refractivity contribution >= 4 is 75.3 Å². The Labute approximate surface area is 267 Å². The molecule has 0 amide bonds. The molecule has 0 aliphatic rings. The van der Waals surface area contributed by atoms with Crippen LogP contribution in [-0.4, -0.2) is 19.5 Å². The molecule has 10 aromatic rings. The lowest BCUT2D eigenvalue weighted by Crippen LogP contribution is -1.96. The molecule has 214 valence electrons. The van der Waals surface area contributed by atoms with E-state index in [1.165, 1.54) is 36.6 Å². The van der Waals surface area contributed by atoms with Crippen LogP contribution in [0.25, 0.3) is 92.1 Å². The molecule has 5 aromatic heterocycles. The average molecular weight is 605 g/mol. The molecule has 5 heterocycles. The van der Waals surface area contributed by atoms with E-state index < -0.39 is 0 Å². The first-order valence-electron chi connectivity index (χ1n) is 15.4. The Morgan fingerprint density at radius 3 is 2.13 bits per heavy atom. The monoisotopic (exact) mass is 604 g/mol. The van der Waals surface area contributed by atoms with Crippen LogP contribution in [0.3, 0.4) is 0 Å². The van der Waals surface area contributed by atoms with Gasteiger partial charge in [0.1, 0.15) is 0 Å². The van der Waals surface area contributed by atoms with Gasteiger partial charge in [0, 0.05) is 54.6 Å². The van der Waals surface area contributed by atoms with Gasteiger partial charge in [-0.05, 0) is 36.4 Å². The van der Waals surface area contributed by atoms with Crippen LogP contribution in [0.2, 0.25) is 0 Å². The minimum absolute atomic E-state index is 0.927. The molecule has 0 aliphatic heterocycles. The van der Waals surface area contributed by atoms with E-state index in [0.29, 0.717) is 0 Å². The maximum atomic E-state index is 5.28. The van der Waals surface area contributed by atoms with Crippen molar-refractivity contribution in [2.45, 2.75) is 0 Å². The van der Waals surface area contributed by atoms with Gasteiger partial charge in [-0.15, -0.1) is 11.3 Å². The highest BCUT2D eigenvalue weighted by atomic mass is 32.1. The largest absolute Gasteiger partial charge is 0.308 e. The Balaban J connectivity index is 1.22. The summed E-state index contributed by atoms with van der Waals surface area (Å²) >= 11 is 1.87. The van der Waals surface area contributed by atoms with E-state index in [2.05, 4.69) is 143 Å². The molecule has 0 fully saturated rings. The van der Waals surface area contributed by atoms with E-state index in [9.17, 15) is 0 Å². The van der Waals surface area contributed by atoms with Crippen molar-refractivity contribution < 1.29 is 0 Å². The summed E-state index contributed by atoms with van der Waals surface area (Å²) in [4.78, 5) is 15.0. The predicted octanol–water partition coefficient (Wildman–Crippen LogP) is 11.0. The molecule has 0 saturated heterocycles. The lowest BCUT2D eigenvalue weighted by Gasteiger charge is -2.12. The third-order valence-corrected chi connectivity index (χ3v) is 10.3. The van der Waals surface area contributed by atoms with E-state index in [-0.39, 0.29) is 0 Å². The van der Waals surface area contributed by atoms with Crippen LogP contribution in [0.1, 0.15) is 0 Å². The predicted molar refractivity (Wildman–Crippen MR) is 193 cm³/mol. The molecule has 0 spiro atoms. The number of fused-ring (bicyclic) bond motifs is 10. The second-order valence-corrected chi connectivity index (χ2v) is 12.7. The molecule has 0 unspecified atom stereocenters. The zero-order chi connectivity index (χ0) is 30.2. The highest BCUT2D eigenvalue weighted by molar-refractivity contribution is 7.27. The van der Waals surface area contributed by atoms with Crippen LogP contribution >= 0.6 is 11.3 Å². The van der Waals surface area contributed by atoms with E-state index >= 15 is 0 Å². The summed E-state index contributed by atoms with van der Waals surface area (Å²) in [7, 11) is 0. The lowest BCUT2D eigenvalue weighted by atomic mass is 10.0. The minimum Gasteiger partial charge on any atom is -0.308 e. The molecule has 0 saturated carbocycles. The van der Waals surface area contributed by atoms with Gasteiger partial charge in [0.25, 0.3) is 0 Å². The van der Waals surface area contributed by atoms with Crippen LogP contribution in [0.15, 0.2) is 146 Å². The summed E-state index contributed by atoms with van der Waals surface area (Å²) in [5.74, 6) is 0. The van der Waals surface area contributed by atoms with Crippen LogP contribution in [0, 0.1) is 0 Å². The summed E-state index contributed by atoms with van der Waals surface area (Å²) in [5, 5.41) is 5.82. The Hall–Kier alpha value is -5.91. The van der Waals surface area contributed by atoms with Gasteiger partial charge in [0.2, 0.25) is 0 Å². The maximum absolute atomic E-state index is 5.28. The third kappa shape index (κ3) is 3.69. The fourth-order valence-corrected chi connectivity index (χ4v) is 8.24. The molecule has 5 heteroatoms. The van der Waals surface area contributed by atoms with Crippen molar-refractivity contribution in [3.8, 4) is 28.2 Å². The normalized spacial score (nSPS) is 11.9. The van der Waals surface area contributed by atoms with Crippen LogP contribution in [0.5, 0.6) is 0 Å². The fraction of sp³-hybridized carbons (Fsp3) is 0. The summed E-state index contributed by atoms with van der Waals surface area (Å²) in [6.45, 7) is 0. The second-order valence-electron chi connectivity index (χ2n) is 11.6. The molecule has 46 heavy (non-hydrogen) atoms. The summed E-state index contributed by atoms with van der Waals surface area (Å²) in [5.41, 5.74) is 10.5. The summed E-state index contributed by atoms with van der Waals surface area (Å²) in [6.07, 6.45) is 1.84. The first kappa shape index (κ1) is 25.4. The van der Waals surface area contributed by atoms with Gasteiger partial charge >= 0.3 is 0 Å². The Morgan fingerprint density at radius 2 is 1.26 bits per heavy atom. The third-order valence-electron chi connectivity index (χ3n) is 9.01. The topological polar surface area (TPSA) is 43.6 Å². The van der Waals surface area contributed by atoms with E-state index in [1.54, 1.807) is 0 Å². The molecular formula is C41H24N4S. The molecule has 0 N–H and O–H groups in total. The molecular weight excluding hydrogens is 581 g/mol. The quantitative estimate of drug-likeness (QED) is 0.188. The first-order valence-corrected chi connectivity index (χ1v) is 16.2. The van der Waals surface area contributed by atoms with Gasteiger partial charge in [-0.25, -0.2) is 9.97 Å². The zero-order valence-electron chi connectivity index (χ0n) is 24.6. The molecule has 0 aliphatic carbocycles. The summed E-state index contributed by atoms with van der Waals surface area (Å²) in [6, 6.07) is 49.1. The van der Waals surface area contributed by atoms with E-state index in [4.69, 9.17) is 9.97 Å². The van der Waals surface area contributed by atoms with Gasteiger partial charge in [-0.2, -0.15) is 0 Å². The number of hydrogen-bond acceptors (Lipinski definition) is 4. The van der Waals surface area contributed by atoms with E-state index in [1.807, 2.05) is 23.6 Å². The molecule has 4 nitrogen and oxygen atoms in total. The number of benzene rings is 5. The Kier molecular flexibility index (Phi) is 5.41. The van der Waals surface area contributed by atoms with Crippen molar-refractivity contribution in [1.82, 2.24) is 19.5 Å². The number of aromatic nitrogens is 4. The second kappa shape index (κ2) is 9.80. The van der Waals surface area contributed by atoms with Gasteiger partial charge < -0.3 is 4.57 Å². The van der Waals surface area contributed by atoms with Crippen LogP contribution < -0.4 is 0 Å². The molecule has 5 aromatic carbocycles. The Morgan fingerprint density at radius 1 is 0.522 bits per heavy atom. The highest BCUT2D eigenvalue weighted by Gasteiger charge is 2.23. The van der Waals surface area contributed by atoms with Crippen molar-refractivity contribution in [2.75, 3.05) is 0 Å². The maximum Gasteiger partial charge on any atom is 0.0972 e. The van der Waals surface area contributed by atoms with Crippen molar-refractivity contribution in [1.29, 1.82) is 0 Å². The standard InChI is InChI=1S/C41H24N4S/c1-2-9-26(10-3-1)36-35-39-41(46-40(35)30-12-4-6-14-33(30)44-36)31-13-5-7-15-34(31)45(39)29-21-18-25(19-22-29)32-23-20-28-17-16-27-11-8-24-42-37(27)38(28)43-32/h1-24H. The number of pyridine rings is 3. The van der Waals surface area contributed by atoms with E-state index in [0.717, 1.165) is 55.5 Å². The Bertz CT molecular complexity index is 2790. The number of hydrogen-bond donors (Lipinski definition) is 0. The van der Waals surface area contributed by atoms with Crippen molar-refractivity contribution in [3.63, 3.8) is 0 Å². The van der Waals surface area contributed by atoms with Gasteiger partial charge in [0.15, 0.2) is 0 Å². The van der Waals surface area contributed by atoms with Crippen LogP contribution in [0.4, 0.5) is 0 Å². The van der Waals surface area contributed by atoms with Crippen molar-refractivity contribution in [2.24, 2.45) is 0 Å². The lowest BCUT2D eigenvalue weighted by molar-refractivity contribution is 1.19. The minimum atomic E-state index is 0.927. The smallest absolute Gasteiger partial charge is 0.0972 e. The van der Waals surface area contributed by atoms with Gasteiger partial charge in [0.05, 0.1) is 43.7 Å². The fourth-order valence-electron chi connectivity index (χ4n) is 6.89. The van der Waals surface area contributed by atoms with Gasteiger partial charge in [-0.3, -0.25) is 4.98 Å². The molecule has 10 rings (SSSR count). The first-order chi connectivity index (χ1) is 22.8. The number of para-hydroxylation sites is 2. The highest BCUT2D eigenvalue weighted by Crippen LogP contribution is 2.47. The van der Waals surface area contributed by atoms with Crippen LogP contribution in [-0.2, 0) is 0 Å². The summed E-state index contributed by atoms with van der Waals surface area (Å²) < 4.78 is 4.97. The average Bonchev–Trinajstić information content (AvgIpc) is 3.67. The molecule has 0 atom stereocenters. The van der Waals surface area contributed by atoms with Gasteiger partial charge in [-0.1, -0.05) is 103 Å². The SMILES string of the molecule is c1ccc(-c2nc3ccccc3c3sc4c5ccccc5n(-c5ccc(-c6ccc7ccc8cccnc8c7n6)cc5)c4c23)cc1. The van der Waals surface area contributed by atoms with Crippen molar-refractivity contribution in [3.05, 3.63) is 146 Å². The number of rotatable bonds is 3. The zero-order valence-corrected chi connectivity index (χ0v) is 25.4. The number of nitrogens with zero attached hydrogens (tertiary/aromatic N) is 4. The number of thiophene rings is 1.